The summed E-state index contributed by atoms with van der Waals surface area (Å²) in [6.45, 7) is 13.0. The first-order chi connectivity index (χ1) is 39.4. The second-order valence-corrected chi connectivity index (χ2v) is 23.0. The van der Waals surface area contributed by atoms with Crippen LogP contribution in [-0.4, -0.2) is 168 Å². The molecule has 6 amide bonds. The number of benzene rings is 2. The number of carbonyl (C=O) groups is 6. The van der Waals surface area contributed by atoms with Gasteiger partial charge in [0.25, 0.3) is 0 Å². The molecule has 8 atom stereocenters. The third-order valence-corrected chi connectivity index (χ3v) is 17.0. The molecule has 2 N–H and O–H groups in total. The Morgan fingerprint density at radius 1 is 0.841 bits per heavy atom. The van der Waals surface area contributed by atoms with Crippen molar-refractivity contribution in [3.63, 3.8) is 0 Å². The van der Waals surface area contributed by atoms with E-state index in [2.05, 4.69) is 71.7 Å². The summed E-state index contributed by atoms with van der Waals surface area (Å²) in [5.74, 6) is 0.0965. The third kappa shape index (κ3) is 13.4. The van der Waals surface area contributed by atoms with Crippen molar-refractivity contribution in [2.75, 3.05) is 67.7 Å². The Labute approximate surface area is 495 Å². The van der Waals surface area contributed by atoms with Crippen molar-refractivity contribution < 1.29 is 57.2 Å². The minimum absolute atomic E-state index is 0.131. The van der Waals surface area contributed by atoms with E-state index < -0.39 is 53.2 Å². The van der Waals surface area contributed by atoms with E-state index in [1.54, 1.807) is 75.3 Å². The molecule has 4 fully saturated rings. The van der Waals surface area contributed by atoms with Crippen LogP contribution in [0.3, 0.4) is 0 Å². The third-order valence-electron chi connectivity index (χ3n) is 15.8. The fourth-order valence-corrected chi connectivity index (χ4v) is 11.8. The molecule has 0 bridgehead atoms. The van der Waals surface area contributed by atoms with E-state index in [1.807, 2.05) is 48.6 Å². The highest BCUT2D eigenvalue weighted by Crippen LogP contribution is 2.47. The number of esters is 2. The van der Waals surface area contributed by atoms with Crippen LogP contribution in [0.25, 0.3) is 21.5 Å². The van der Waals surface area contributed by atoms with Crippen LogP contribution in [0.15, 0.2) is 95.2 Å². The average molecular weight is 1260 g/mol. The number of carbonyl (C=O) groups excluding carboxylic acids is 6. The molecule has 5 heterocycles. The molecule has 0 spiro atoms. The normalized spacial score (nSPS) is 25.2. The van der Waals surface area contributed by atoms with E-state index in [0.717, 1.165) is 69.0 Å². The number of amides is 6. The lowest BCUT2D eigenvalue weighted by Gasteiger charge is -2.30. The van der Waals surface area contributed by atoms with Gasteiger partial charge in [0, 0.05) is 94.7 Å². The van der Waals surface area contributed by atoms with Gasteiger partial charge in [0.2, 0.25) is 23.6 Å². The largest absolute Gasteiger partial charge is 0.497 e. The summed E-state index contributed by atoms with van der Waals surface area (Å²) in [6.07, 6.45) is 16.5. The molecule has 4 aromatic rings. The van der Waals surface area contributed by atoms with Crippen molar-refractivity contribution in [2.24, 2.45) is 11.8 Å². The first-order valence-electron chi connectivity index (χ1n) is 28.0. The second-order valence-electron chi connectivity index (χ2n) is 21.3. The van der Waals surface area contributed by atoms with Crippen molar-refractivity contribution in [1.29, 1.82) is 0 Å². The lowest BCUT2D eigenvalue weighted by Crippen LogP contribution is -2.55. The number of likely N-dealkylation sites (tertiary alicyclic amines) is 1. The van der Waals surface area contributed by atoms with E-state index in [-0.39, 0.29) is 69.0 Å². The van der Waals surface area contributed by atoms with E-state index in [9.17, 15) is 28.8 Å². The van der Waals surface area contributed by atoms with Crippen molar-refractivity contribution in [1.82, 2.24) is 40.2 Å². The zero-order valence-electron chi connectivity index (χ0n) is 47.5. The Morgan fingerprint density at radius 2 is 1.46 bits per heavy atom. The Hall–Kier alpha value is -6.94. The first kappa shape index (κ1) is 61.1. The SMILES string of the molecule is C=CCCCCN(C)C(=O)N1C[C@H](Oc2ncc(Br)c3cc(OC)ccc23)C[C@H]1C(=O)N[C@]1(C(=O)OCC)C[C@H]1C=C.CCOC(=O)[C@@]12C[C@H]1/C=C\CCCCN(C)C(=O)N1C[C@H](Oc3ncc(Br)c4cc(OC)ccc34)C[C@H]1C(=O)N2. The van der Waals surface area contributed by atoms with Crippen molar-refractivity contribution >= 4 is 89.2 Å². The van der Waals surface area contributed by atoms with Gasteiger partial charge in [-0.2, -0.15) is 0 Å². The molecular formula is C60H74Br2N8O12. The van der Waals surface area contributed by atoms with Crippen molar-refractivity contribution in [3.05, 3.63) is 95.2 Å². The van der Waals surface area contributed by atoms with Crippen molar-refractivity contribution in [2.45, 2.75) is 113 Å². The van der Waals surface area contributed by atoms with E-state index in [0.29, 0.717) is 49.2 Å². The Morgan fingerprint density at radius 3 is 2.05 bits per heavy atom. The number of allylic oxidation sites excluding steroid dienone is 2. The number of hydrogen-bond acceptors (Lipinski definition) is 14. The van der Waals surface area contributed by atoms with Crippen LogP contribution >= 0.6 is 31.9 Å². The van der Waals surface area contributed by atoms with Crippen LogP contribution in [-0.2, 0) is 28.7 Å². The monoisotopic (exact) mass is 1260 g/mol. The molecule has 440 valence electrons. The van der Waals surface area contributed by atoms with E-state index in [1.165, 1.54) is 4.90 Å². The van der Waals surface area contributed by atoms with Gasteiger partial charge in [-0.1, -0.05) is 24.3 Å². The summed E-state index contributed by atoms with van der Waals surface area (Å²) in [6, 6.07) is 9.01. The van der Waals surface area contributed by atoms with Crippen LogP contribution in [0.1, 0.15) is 78.1 Å². The maximum Gasteiger partial charge on any atom is 0.332 e. The molecule has 22 heteroatoms. The number of unbranched alkanes of at least 4 members (excludes halogenated alkanes) is 2. The van der Waals surface area contributed by atoms with Gasteiger partial charge in [-0.05, 0) is 133 Å². The van der Waals surface area contributed by atoms with Crippen LogP contribution in [0, 0.1) is 11.8 Å². The molecule has 2 aromatic carbocycles. The molecule has 9 rings (SSSR count). The summed E-state index contributed by atoms with van der Waals surface area (Å²) in [4.78, 5) is 95.8. The standard InChI is InChI=1S/C31H39BrN4O6.C29H35BrN4O6/c1-6-9-10-11-14-35(4)30(39)36-19-22(42-28-23-13-12-21(40-5)15-24(23)25(32)18-33-28)16-26(36)27(37)34-31(17-20(31)7-2)29(38)41-8-3;1-4-39-27(36)29-15-18(29)9-7-5-6-8-12-33(2)28(37)34-17-20(14-24(34)25(35)32-29)40-26-21-11-10-19(38-3)13-22(21)23(30)16-31-26/h6-7,12-13,15,18,20,22,26H,1-2,8-11,14,16-17,19H2,3-5H3,(H,34,37);7,9-11,13,16,18,20,24H,4-6,8,12,14-15,17H2,1-3H3,(H,32,35)/b;9-7-/t20-,22-,26+,31-;18-,20-,24+,29-/m11/s1. The number of aromatic nitrogens is 2. The topological polar surface area (TPSA) is 221 Å². The number of pyridine rings is 2. The van der Waals surface area contributed by atoms with Gasteiger partial charge in [-0.3, -0.25) is 9.59 Å². The number of rotatable bonds is 18. The summed E-state index contributed by atoms with van der Waals surface area (Å²) in [5.41, 5.74) is -2.27. The highest BCUT2D eigenvalue weighted by molar-refractivity contribution is 9.11. The molecule has 3 aliphatic heterocycles. The quantitative estimate of drug-likeness (QED) is 0.0540. The summed E-state index contributed by atoms with van der Waals surface area (Å²) < 4.78 is 35.6. The van der Waals surface area contributed by atoms with Gasteiger partial charge in [0.15, 0.2) is 0 Å². The number of ether oxygens (including phenoxy) is 6. The lowest BCUT2D eigenvalue weighted by atomic mass is 10.1. The molecule has 20 nitrogen and oxygen atoms in total. The molecule has 0 unspecified atom stereocenters. The zero-order valence-corrected chi connectivity index (χ0v) is 50.6. The van der Waals surface area contributed by atoms with Gasteiger partial charge >= 0.3 is 24.0 Å². The van der Waals surface area contributed by atoms with Gasteiger partial charge in [0.05, 0.1) is 40.5 Å². The maximum atomic E-state index is 13.8. The van der Waals surface area contributed by atoms with Crippen LogP contribution in [0.4, 0.5) is 9.59 Å². The molecule has 5 aliphatic rings. The number of nitrogens with zero attached hydrogens (tertiary/aromatic N) is 6. The fraction of sp³-hybridized carbons (Fsp3) is 0.500. The Kier molecular flexibility index (Phi) is 20.1. The Balaban J connectivity index is 0.000000215. The molecule has 2 saturated heterocycles. The zero-order chi connectivity index (χ0) is 58.9. The van der Waals surface area contributed by atoms with Crippen LogP contribution in [0.2, 0.25) is 0 Å². The molecule has 2 saturated carbocycles. The number of hydrogen-bond donors (Lipinski definition) is 2. The summed E-state index contributed by atoms with van der Waals surface area (Å²) >= 11 is 7.09. The highest BCUT2D eigenvalue weighted by Gasteiger charge is 2.63. The molecule has 2 aromatic heterocycles. The van der Waals surface area contributed by atoms with Gasteiger partial charge < -0.3 is 58.7 Å². The summed E-state index contributed by atoms with van der Waals surface area (Å²) in [5, 5.41) is 9.18. The fourth-order valence-electron chi connectivity index (χ4n) is 11.0. The van der Waals surface area contributed by atoms with Gasteiger partial charge in [-0.25, -0.2) is 29.1 Å². The predicted octanol–water partition coefficient (Wildman–Crippen LogP) is 8.92. The maximum absolute atomic E-state index is 13.8. The number of urea groups is 2. The number of halogens is 2. The molecule has 0 radical (unpaired) electrons. The lowest BCUT2D eigenvalue weighted by molar-refractivity contribution is -0.150. The smallest absolute Gasteiger partial charge is 0.332 e. The number of fused-ring (bicyclic) bond motifs is 4. The minimum atomic E-state index is -1.17. The molecule has 2 aliphatic carbocycles. The Bertz CT molecular complexity index is 3090. The van der Waals surface area contributed by atoms with E-state index in [4.69, 9.17) is 28.4 Å². The average Bonchev–Trinajstić information content (AvgIpc) is 2.60. The van der Waals surface area contributed by atoms with Crippen LogP contribution in [0.5, 0.6) is 23.3 Å². The highest BCUT2D eigenvalue weighted by atomic mass is 79.9. The molecule has 82 heavy (non-hydrogen) atoms. The van der Waals surface area contributed by atoms with Gasteiger partial charge in [0.1, 0.15) is 46.9 Å². The van der Waals surface area contributed by atoms with Crippen molar-refractivity contribution in [3.8, 4) is 23.3 Å². The van der Waals surface area contributed by atoms with Gasteiger partial charge in [-0.15, -0.1) is 13.2 Å². The number of methoxy groups -OCH3 is 2. The van der Waals surface area contributed by atoms with Crippen LogP contribution < -0.4 is 29.6 Å². The second kappa shape index (κ2) is 27.0. The molecular weight excluding hydrogens is 1180 g/mol. The predicted molar refractivity (Wildman–Crippen MR) is 316 cm³/mol. The summed E-state index contributed by atoms with van der Waals surface area (Å²) in [7, 11) is 6.69. The number of nitrogens with one attached hydrogen (secondary N) is 2. The first-order valence-corrected chi connectivity index (χ1v) is 29.5. The van der Waals surface area contributed by atoms with E-state index >= 15 is 0 Å². The minimum Gasteiger partial charge on any atom is -0.497 e.